The van der Waals surface area contributed by atoms with Crippen molar-refractivity contribution in [1.82, 2.24) is 9.80 Å². The second-order valence-corrected chi connectivity index (χ2v) is 7.19. The first-order valence-corrected chi connectivity index (χ1v) is 9.35. The predicted octanol–water partition coefficient (Wildman–Crippen LogP) is 4.09. The van der Waals surface area contributed by atoms with Crippen LogP contribution in [0.25, 0.3) is 0 Å². The van der Waals surface area contributed by atoms with Gasteiger partial charge in [-0.05, 0) is 54.9 Å². The van der Waals surface area contributed by atoms with Crippen molar-refractivity contribution in [2.24, 2.45) is 0 Å². The molecule has 0 unspecified atom stereocenters. The fourth-order valence-electron chi connectivity index (χ4n) is 3.46. The van der Waals surface area contributed by atoms with Gasteiger partial charge in [-0.2, -0.15) is 13.2 Å². The van der Waals surface area contributed by atoms with Gasteiger partial charge in [0.25, 0.3) is 0 Å². The second kappa shape index (κ2) is 9.03. The Labute approximate surface area is 162 Å². The highest BCUT2D eigenvalue weighted by molar-refractivity contribution is 5.24. The topological polar surface area (TPSA) is 26.7 Å². The van der Waals surface area contributed by atoms with Gasteiger partial charge in [0.2, 0.25) is 0 Å². The number of nitrogens with zero attached hydrogens (tertiary/aromatic N) is 2. The number of halogens is 4. The Balaban J connectivity index is 1.51. The standard InChI is InChI=1S/C21H24F4N2O/c22-19-8-4-17(5-9-19)20(28)15-27-11-1-10-26(12-13-27)14-16-2-6-18(7-3-16)21(23,24)25/h2-9,20,28H,1,10-15H2/t20-/m0/s1. The molecule has 0 bridgehead atoms. The molecule has 1 aliphatic heterocycles. The van der Waals surface area contributed by atoms with Crippen molar-refractivity contribution in [2.45, 2.75) is 25.2 Å². The van der Waals surface area contributed by atoms with Crippen LogP contribution in [-0.4, -0.2) is 47.6 Å². The summed E-state index contributed by atoms with van der Waals surface area (Å²) in [6, 6.07) is 11.2. The quantitative estimate of drug-likeness (QED) is 0.772. The molecule has 1 N–H and O–H groups in total. The van der Waals surface area contributed by atoms with E-state index in [2.05, 4.69) is 9.80 Å². The number of aliphatic hydroxyl groups excluding tert-OH is 1. The summed E-state index contributed by atoms with van der Waals surface area (Å²) < 4.78 is 51.0. The molecule has 0 spiro atoms. The van der Waals surface area contributed by atoms with Crippen LogP contribution in [0.2, 0.25) is 0 Å². The molecule has 0 aliphatic carbocycles. The fourth-order valence-corrected chi connectivity index (χ4v) is 3.46. The summed E-state index contributed by atoms with van der Waals surface area (Å²) in [6.45, 7) is 4.30. The van der Waals surface area contributed by atoms with E-state index in [0.29, 0.717) is 18.7 Å². The van der Waals surface area contributed by atoms with Crippen LogP contribution in [0.5, 0.6) is 0 Å². The molecular weight excluding hydrogens is 372 g/mol. The average Bonchev–Trinajstić information content (AvgIpc) is 2.87. The van der Waals surface area contributed by atoms with E-state index < -0.39 is 17.8 Å². The fraction of sp³-hybridized carbons (Fsp3) is 0.429. The van der Waals surface area contributed by atoms with Crippen LogP contribution in [0, 0.1) is 5.82 Å². The van der Waals surface area contributed by atoms with Crippen LogP contribution in [0.3, 0.4) is 0 Å². The molecule has 1 fully saturated rings. The minimum Gasteiger partial charge on any atom is -0.387 e. The molecule has 1 saturated heterocycles. The van der Waals surface area contributed by atoms with E-state index in [4.69, 9.17) is 0 Å². The van der Waals surface area contributed by atoms with Crippen molar-refractivity contribution >= 4 is 0 Å². The molecule has 0 amide bonds. The third kappa shape index (κ3) is 5.77. The molecule has 28 heavy (non-hydrogen) atoms. The van der Waals surface area contributed by atoms with E-state index in [1.165, 1.54) is 24.3 Å². The van der Waals surface area contributed by atoms with Gasteiger partial charge in [-0.1, -0.05) is 24.3 Å². The lowest BCUT2D eigenvalue weighted by atomic mass is 10.1. The van der Waals surface area contributed by atoms with E-state index in [1.807, 2.05) is 0 Å². The summed E-state index contributed by atoms with van der Waals surface area (Å²) in [6.07, 6.45) is -4.08. The summed E-state index contributed by atoms with van der Waals surface area (Å²) in [5.74, 6) is -0.329. The zero-order chi connectivity index (χ0) is 20.1. The molecule has 3 nitrogen and oxygen atoms in total. The molecule has 0 saturated carbocycles. The van der Waals surface area contributed by atoms with Gasteiger partial charge in [0.05, 0.1) is 11.7 Å². The summed E-state index contributed by atoms with van der Waals surface area (Å²) in [5, 5.41) is 10.4. The molecule has 7 heteroatoms. The number of hydrogen-bond donors (Lipinski definition) is 1. The largest absolute Gasteiger partial charge is 0.416 e. The van der Waals surface area contributed by atoms with Gasteiger partial charge in [0.15, 0.2) is 0 Å². The number of β-amino-alcohol motifs (C(OH)–C–C–N with tert-alkyl or cyclic N) is 1. The van der Waals surface area contributed by atoms with Crippen LogP contribution in [-0.2, 0) is 12.7 Å². The van der Waals surface area contributed by atoms with Gasteiger partial charge in [-0.3, -0.25) is 9.80 Å². The van der Waals surface area contributed by atoms with E-state index in [-0.39, 0.29) is 5.82 Å². The zero-order valence-electron chi connectivity index (χ0n) is 15.5. The van der Waals surface area contributed by atoms with Crippen LogP contribution < -0.4 is 0 Å². The Morgan fingerprint density at radius 2 is 1.46 bits per heavy atom. The molecule has 1 atom stereocenters. The summed E-state index contributed by atoms with van der Waals surface area (Å²) in [4.78, 5) is 4.38. The highest BCUT2D eigenvalue weighted by atomic mass is 19.4. The number of benzene rings is 2. The van der Waals surface area contributed by atoms with Crippen molar-refractivity contribution in [3.05, 3.63) is 71.0 Å². The van der Waals surface area contributed by atoms with Gasteiger partial charge in [0.1, 0.15) is 5.82 Å². The minimum absolute atomic E-state index is 0.329. The molecule has 3 rings (SSSR count). The molecule has 2 aromatic rings. The maximum atomic E-state index is 13.0. The van der Waals surface area contributed by atoms with Gasteiger partial charge in [-0.15, -0.1) is 0 Å². The molecule has 0 radical (unpaired) electrons. The van der Waals surface area contributed by atoms with Crippen molar-refractivity contribution in [3.63, 3.8) is 0 Å². The highest BCUT2D eigenvalue weighted by Gasteiger charge is 2.30. The third-order valence-electron chi connectivity index (χ3n) is 5.05. The highest BCUT2D eigenvalue weighted by Crippen LogP contribution is 2.29. The van der Waals surface area contributed by atoms with E-state index >= 15 is 0 Å². The lowest BCUT2D eigenvalue weighted by Crippen LogP contribution is -2.33. The number of hydrogen-bond acceptors (Lipinski definition) is 3. The van der Waals surface area contributed by atoms with Crippen LogP contribution in [0.1, 0.15) is 29.2 Å². The maximum Gasteiger partial charge on any atom is 0.416 e. The van der Waals surface area contributed by atoms with Crippen LogP contribution >= 0.6 is 0 Å². The Hall–Kier alpha value is -1.96. The number of alkyl halides is 3. The predicted molar refractivity (Wildman–Crippen MR) is 99.1 cm³/mol. The van der Waals surface area contributed by atoms with E-state index in [9.17, 15) is 22.7 Å². The molecular formula is C21H24F4N2O. The summed E-state index contributed by atoms with van der Waals surface area (Å²) >= 11 is 0. The Kier molecular flexibility index (Phi) is 6.69. The maximum absolute atomic E-state index is 13.0. The first kappa shape index (κ1) is 20.8. The van der Waals surface area contributed by atoms with Crippen molar-refractivity contribution in [1.29, 1.82) is 0 Å². The lowest BCUT2D eigenvalue weighted by Gasteiger charge is -2.24. The average molecular weight is 396 g/mol. The summed E-state index contributed by atoms with van der Waals surface area (Å²) in [7, 11) is 0. The van der Waals surface area contributed by atoms with Gasteiger partial charge < -0.3 is 5.11 Å². The minimum atomic E-state index is -4.31. The molecule has 152 valence electrons. The van der Waals surface area contributed by atoms with Crippen LogP contribution in [0.4, 0.5) is 17.6 Å². The third-order valence-corrected chi connectivity index (χ3v) is 5.05. The van der Waals surface area contributed by atoms with E-state index in [0.717, 1.165) is 50.3 Å². The SMILES string of the molecule is O[C@@H](CN1CCCN(Cc2ccc(C(F)(F)F)cc2)CC1)c1ccc(F)cc1. The zero-order valence-corrected chi connectivity index (χ0v) is 15.5. The Morgan fingerprint density at radius 1 is 0.857 bits per heavy atom. The first-order chi connectivity index (χ1) is 13.3. The van der Waals surface area contributed by atoms with E-state index in [1.54, 1.807) is 12.1 Å². The molecule has 2 aromatic carbocycles. The smallest absolute Gasteiger partial charge is 0.387 e. The van der Waals surface area contributed by atoms with Gasteiger partial charge in [0, 0.05) is 26.2 Å². The molecule has 1 heterocycles. The monoisotopic (exact) mass is 396 g/mol. The number of rotatable bonds is 5. The number of aliphatic hydroxyl groups is 1. The summed E-state index contributed by atoms with van der Waals surface area (Å²) in [5.41, 5.74) is 0.910. The Morgan fingerprint density at radius 3 is 2.11 bits per heavy atom. The normalized spacial score (nSPS) is 18.0. The molecule has 0 aromatic heterocycles. The van der Waals surface area contributed by atoms with Crippen molar-refractivity contribution < 1.29 is 22.7 Å². The second-order valence-electron chi connectivity index (χ2n) is 7.19. The van der Waals surface area contributed by atoms with Crippen LogP contribution in [0.15, 0.2) is 48.5 Å². The van der Waals surface area contributed by atoms with Crippen molar-refractivity contribution in [3.8, 4) is 0 Å². The molecule has 1 aliphatic rings. The van der Waals surface area contributed by atoms with Gasteiger partial charge in [-0.25, -0.2) is 4.39 Å². The Bertz CT molecular complexity index is 746. The van der Waals surface area contributed by atoms with Gasteiger partial charge >= 0.3 is 6.18 Å². The first-order valence-electron chi connectivity index (χ1n) is 9.35. The van der Waals surface area contributed by atoms with Crippen molar-refractivity contribution in [2.75, 3.05) is 32.7 Å². The lowest BCUT2D eigenvalue weighted by molar-refractivity contribution is -0.137.